The molecule has 2 aliphatic rings. The summed E-state index contributed by atoms with van der Waals surface area (Å²) in [5.41, 5.74) is 0.0580. The van der Waals surface area contributed by atoms with E-state index in [4.69, 9.17) is 5.11 Å². The van der Waals surface area contributed by atoms with Gasteiger partial charge in [-0.3, -0.25) is 14.4 Å². The maximum Gasteiger partial charge on any atom is 0.387 e. The maximum atomic E-state index is 12.7. The molecule has 2 amide bonds. The van der Waals surface area contributed by atoms with Crippen LogP contribution in [0.5, 0.6) is 5.75 Å². The SMILES string of the molecule is O=C(O)[C@@H]1CC[C@H](C(=O)N2CCN(C(=O)c3ccccc3OC(F)F)CC2)C1. The third kappa shape index (κ3) is 4.40. The van der Waals surface area contributed by atoms with E-state index in [0.717, 1.165) is 0 Å². The number of carbonyl (C=O) groups excluding carboxylic acids is 2. The lowest BCUT2D eigenvalue weighted by atomic mass is 10.0. The minimum Gasteiger partial charge on any atom is -0.481 e. The van der Waals surface area contributed by atoms with E-state index < -0.39 is 24.4 Å². The molecule has 2 atom stereocenters. The highest BCUT2D eigenvalue weighted by molar-refractivity contribution is 5.97. The van der Waals surface area contributed by atoms with Crippen LogP contribution in [0.2, 0.25) is 0 Å². The van der Waals surface area contributed by atoms with Gasteiger partial charge in [0.15, 0.2) is 0 Å². The van der Waals surface area contributed by atoms with Gasteiger partial charge in [-0.2, -0.15) is 8.78 Å². The fourth-order valence-electron chi connectivity index (χ4n) is 3.83. The Balaban J connectivity index is 1.58. The first-order valence-corrected chi connectivity index (χ1v) is 9.21. The normalized spacial score (nSPS) is 22.4. The van der Waals surface area contributed by atoms with Crippen LogP contribution >= 0.6 is 0 Å². The van der Waals surface area contributed by atoms with Crippen molar-refractivity contribution in [2.75, 3.05) is 26.2 Å². The number of alkyl halides is 2. The molecule has 152 valence electrons. The molecular weight excluding hydrogens is 374 g/mol. The van der Waals surface area contributed by atoms with Crippen molar-refractivity contribution in [1.29, 1.82) is 0 Å². The van der Waals surface area contributed by atoms with Crippen LogP contribution in [0.4, 0.5) is 8.78 Å². The van der Waals surface area contributed by atoms with Crippen molar-refractivity contribution in [3.63, 3.8) is 0 Å². The Morgan fingerprint density at radius 3 is 2.21 bits per heavy atom. The number of hydrogen-bond acceptors (Lipinski definition) is 4. The van der Waals surface area contributed by atoms with Crippen molar-refractivity contribution < 1.29 is 33.0 Å². The van der Waals surface area contributed by atoms with E-state index >= 15 is 0 Å². The zero-order valence-electron chi connectivity index (χ0n) is 15.2. The Labute approximate surface area is 160 Å². The summed E-state index contributed by atoms with van der Waals surface area (Å²) in [4.78, 5) is 39.5. The molecule has 1 aliphatic heterocycles. The minimum absolute atomic E-state index is 0.0580. The van der Waals surface area contributed by atoms with Gasteiger partial charge in [0.25, 0.3) is 5.91 Å². The molecule has 28 heavy (non-hydrogen) atoms. The Morgan fingerprint density at radius 1 is 1.00 bits per heavy atom. The molecule has 3 rings (SSSR count). The molecule has 1 saturated carbocycles. The summed E-state index contributed by atoms with van der Waals surface area (Å²) in [6, 6.07) is 5.83. The highest BCUT2D eigenvalue weighted by Gasteiger charge is 2.37. The number of benzene rings is 1. The van der Waals surface area contributed by atoms with Crippen LogP contribution in [0.1, 0.15) is 29.6 Å². The van der Waals surface area contributed by atoms with Crippen LogP contribution in [0.15, 0.2) is 24.3 Å². The van der Waals surface area contributed by atoms with E-state index in [1.807, 2.05) is 0 Å². The number of amides is 2. The minimum atomic E-state index is -3.02. The second-order valence-electron chi connectivity index (χ2n) is 7.04. The number of hydrogen-bond donors (Lipinski definition) is 1. The number of piperazine rings is 1. The molecule has 0 aromatic heterocycles. The summed E-state index contributed by atoms with van der Waals surface area (Å²) in [6.45, 7) is -1.80. The average molecular weight is 396 g/mol. The first-order chi connectivity index (χ1) is 13.4. The van der Waals surface area contributed by atoms with Crippen molar-refractivity contribution in [1.82, 2.24) is 9.80 Å². The highest BCUT2D eigenvalue weighted by Crippen LogP contribution is 2.32. The van der Waals surface area contributed by atoms with Crippen LogP contribution in [-0.4, -0.2) is 65.5 Å². The first-order valence-electron chi connectivity index (χ1n) is 9.21. The Morgan fingerprint density at radius 2 is 1.61 bits per heavy atom. The molecule has 7 nitrogen and oxygen atoms in total. The van der Waals surface area contributed by atoms with Crippen molar-refractivity contribution in [3.05, 3.63) is 29.8 Å². The summed E-state index contributed by atoms with van der Waals surface area (Å²) in [5, 5.41) is 9.08. The van der Waals surface area contributed by atoms with Crippen LogP contribution in [0.25, 0.3) is 0 Å². The summed E-state index contributed by atoms with van der Waals surface area (Å²) in [5.74, 6) is -2.29. The first kappa shape index (κ1) is 20.0. The van der Waals surface area contributed by atoms with Gasteiger partial charge in [0.2, 0.25) is 5.91 Å². The van der Waals surface area contributed by atoms with Crippen molar-refractivity contribution >= 4 is 17.8 Å². The van der Waals surface area contributed by atoms with Gasteiger partial charge in [0.05, 0.1) is 11.5 Å². The highest BCUT2D eigenvalue weighted by atomic mass is 19.3. The predicted molar refractivity (Wildman–Crippen MR) is 94.0 cm³/mol. The van der Waals surface area contributed by atoms with Gasteiger partial charge in [-0.05, 0) is 31.4 Å². The van der Waals surface area contributed by atoms with Gasteiger partial charge in [-0.25, -0.2) is 0 Å². The van der Waals surface area contributed by atoms with Crippen molar-refractivity contribution in [2.24, 2.45) is 11.8 Å². The zero-order chi connectivity index (χ0) is 20.3. The van der Waals surface area contributed by atoms with Crippen LogP contribution < -0.4 is 4.74 Å². The van der Waals surface area contributed by atoms with E-state index in [0.29, 0.717) is 32.4 Å². The average Bonchev–Trinajstić information content (AvgIpc) is 3.17. The quantitative estimate of drug-likeness (QED) is 0.823. The summed E-state index contributed by atoms with van der Waals surface area (Å²) in [7, 11) is 0. The van der Waals surface area contributed by atoms with E-state index in [1.165, 1.54) is 23.1 Å². The lowest BCUT2D eigenvalue weighted by Gasteiger charge is -2.36. The number of carbonyl (C=O) groups is 3. The molecule has 2 fully saturated rings. The molecule has 1 saturated heterocycles. The van der Waals surface area contributed by atoms with E-state index in [9.17, 15) is 23.2 Å². The second kappa shape index (κ2) is 8.53. The summed E-state index contributed by atoms with van der Waals surface area (Å²) < 4.78 is 29.5. The smallest absolute Gasteiger partial charge is 0.387 e. The van der Waals surface area contributed by atoms with E-state index in [-0.39, 0.29) is 36.2 Å². The van der Waals surface area contributed by atoms with E-state index in [1.54, 1.807) is 11.0 Å². The molecule has 1 aromatic rings. The standard InChI is InChI=1S/C19H22F2N2O5/c20-19(21)28-15-4-2-1-3-14(15)17(25)23-9-7-22(8-10-23)16(24)12-5-6-13(11-12)18(26)27/h1-4,12-13,19H,5-11H2,(H,26,27)/t12-,13+/m0/s1. The fourth-order valence-corrected chi connectivity index (χ4v) is 3.83. The van der Waals surface area contributed by atoms with Gasteiger partial charge in [-0.1, -0.05) is 12.1 Å². The molecule has 0 bridgehead atoms. The number of carboxylic acids is 1. The molecule has 1 heterocycles. The van der Waals surface area contributed by atoms with Gasteiger partial charge in [-0.15, -0.1) is 0 Å². The Bertz CT molecular complexity index is 750. The Kier molecular flexibility index (Phi) is 6.11. The molecule has 0 unspecified atom stereocenters. The largest absolute Gasteiger partial charge is 0.481 e. The maximum absolute atomic E-state index is 12.7. The van der Waals surface area contributed by atoms with E-state index in [2.05, 4.69) is 4.74 Å². The predicted octanol–water partition coefficient (Wildman–Crippen LogP) is 2.07. The lowest BCUT2D eigenvalue weighted by Crippen LogP contribution is -2.51. The number of halogens is 2. The summed E-state index contributed by atoms with van der Waals surface area (Å²) >= 11 is 0. The molecule has 1 aromatic carbocycles. The molecule has 9 heteroatoms. The van der Waals surface area contributed by atoms with Gasteiger partial charge in [0, 0.05) is 32.1 Å². The number of carboxylic acid groups (broad SMARTS) is 1. The van der Waals surface area contributed by atoms with Crippen molar-refractivity contribution in [2.45, 2.75) is 25.9 Å². The molecular formula is C19H22F2N2O5. The van der Waals surface area contributed by atoms with Crippen LogP contribution in [0, 0.1) is 11.8 Å². The number of ether oxygens (including phenoxy) is 1. The summed E-state index contributed by atoms with van der Waals surface area (Å²) in [6.07, 6.45) is 1.42. The van der Waals surface area contributed by atoms with Crippen LogP contribution in [-0.2, 0) is 9.59 Å². The topological polar surface area (TPSA) is 87.2 Å². The zero-order valence-corrected chi connectivity index (χ0v) is 15.2. The number of aliphatic carboxylic acids is 1. The monoisotopic (exact) mass is 396 g/mol. The number of nitrogens with zero attached hydrogens (tertiary/aromatic N) is 2. The number of para-hydroxylation sites is 1. The lowest BCUT2D eigenvalue weighted by molar-refractivity contribution is -0.142. The molecule has 0 spiro atoms. The molecule has 0 radical (unpaired) electrons. The Hall–Kier alpha value is -2.71. The fraction of sp³-hybridized carbons (Fsp3) is 0.526. The van der Waals surface area contributed by atoms with Gasteiger partial charge < -0.3 is 19.6 Å². The third-order valence-electron chi connectivity index (χ3n) is 5.34. The van der Waals surface area contributed by atoms with Gasteiger partial charge in [0.1, 0.15) is 5.75 Å². The molecule has 1 N–H and O–H groups in total. The third-order valence-corrected chi connectivity index (χ3v) is 5.34. The van der Waals surface area contributed by atoms with Gasteiger partial charge >= 0.3 is 12.6 Å². The second-order valence-corrected chi connectivity index (χ2v) is 7.04. The van der Waals surface area contributed by atoms with Crippen LogP contribution in [0.3, 0.4) is 0 Å². The van der Waals surface area contributed by atoms with Crippen molar-refractivity contribution in [3.8, 4) is 5.75 Å². The number of rotatable bonds is 5. The molecule has 1 aliphatic carbocycles.